The van der Waals surface area contributed by atoms with Gasteiger partial charge in [0.15, 0.2) is 0 Å². The fourth-order valence-corrected chi connectivity index (χ4v) is 3.44. The minimum Gasteiger partial charge on any atom is -0.324 e. The molecule has 0 aromatic heterocycles. The van der Waals surface area contributed by atoms with Crippen LogP contribution < -0.4 is 5.32 Å². The summed E-state index contributed by atoms with van der Waals surface area (Å²) in [7, 11) is 4.35. The number of piperazine rings is 1. The summed E-state index contributed by atoms with van der Waals surface area (Å²) in [4.78, 5) is 19.5. The largest absolute Gasteiger partial charge is 0.324 e. The molecule has 2 aliphatic rings. The molecule has 3 atom stereocenters. The van der Waals surface area contributed by atoms with Crippen LogP contribution in [0, 0.1) is 0 Å². The van der Waals surface area contributed by atoms with Gasteiger partial charge in [0.2, 0.25) is 5.91 Å². The zero-order valence-corrected chi connectivity index (χ0v) is 14.1. The summed E-state index contributed by atoms with van der Waals surface area (Å²) < 4.78 is 0. The Hall–Kier alpha value is -0.650. The molecule has 0 aliphatic carbocycles. The molecule has 2 saturated heterocycles. The molecule has 2 rings (SSSR count). The maximum Gasteiger partial charge on any atom is 0.241 e. The highest BCUT2D eigenvalue weighted by atomic mass is 16.2. The van der Waals surface area contributed by atoms with Crippen LogP contribution in [0.1, 0.15) is 39.5 Å². The van der Waals surface area contributed by atoms with Crippen molar-refractivity contribution in [3.05, 3.63) is 0 Å². The van der Waals surface area contributed by atoms with Gasteiger partial charge in [0.05, 0.1) is 12.2 Å². The smallest absolute Gasteiger partial charge is 0.241 e. The van der Waals surface area contributed by atoms with Crippen LogP contribution in [-0.2, 0) is 4.79 Å². The van der Waals surface area contributed by atoms with Gasteiger partial charge in [-0.05, 0) is 26.9 Å². The molecule has 0 radical (unpaired) electrons. The Morgan fingerprint density at radius 1 is 1.24 bits per heavy atom. The van der Waals surface area contributed by atoms with Crippen molar-refractivity contribution in [2.45, 2.75) is 57.8 Å². The van der Waals surface area contributed by atoms with E-state index in [0.29, 0.717) is 11.9 Å². The summed E-state index contributed by atoms with van der Waals surface area (Å²) in [6.45, 7) is 8.46. The number of nitrogens with zero attached hydrogens (tertiary/aromatic N) is 3. The zero-order valence-electron chi connectivity index (χ0n) is 14.1. The predicted octanol–water partition coefficient (Wildman–Crippen LogP) is 0.959. The molecule has 5 nitrogen and oxygen atoms in total. The van der Waals surface area contributed by atoms with Crippen molar-refractivity contribution in [3.63, 3.8) is 0 Å². The maximum absolute atomic E-state index is 12.7. The first-order chi connectivity index (χ1) is 10.1. The summed E-state index contributed by atoms with van der Waals surface area (Å²) in [6.07, 6.45) is 4.46. The quantitative estimate of drug-likeness (QED) is 0.792. The van der Waals surface area contributed by atoms with E-state index in [2.05, 4.69) is 48.0 Å². The third-order valence-electron chi connectivity index (χ3n) is 4.97. The molecule has 0 aromatic carbocycles. The van der Waals surface area contributed by atoms with E-state index in [9.17, 15) is 4.79 Å². The summed E-state index contributed by atoms with van der Waals surface area (Å²) in [5, 5.41) is 3.54. The average Bonchev–Trinajstić information content (AvgIpc) is 2.77. The molecule has 2 aliphatic heterocycles. The Bertz CT molecular complexity index is 349. The first-order valence-electron chi connectivity index (χ1n) is 8.52. The van der Waals surface area contributed by atoms with Gasteiger partial charge in [-0.25, -0.2) is 0 Å². The highest BCUT2D eigenvalue weighted by Gasteiger charge is 2.39. The molecular weight excluding hydrogens is 264 g/mol. The Balaban J connectivity index is 1.98. The lowest BCUT2D eigenvalue weighted by Crippen LogP contribution is -2.56. The summed E-state index contributed by atoms with van der Waals surface area (Å²) in [5.41, 5.74) is 0. The minimum absolute atomic E-state index is 0.0431. The van der Waals surface area contributed by atoms with Crippen LogP contribution in [0.2, 0.25) is 0 Å². The van der Waals surface area contributed by atoms with Crippen LogP contribution in [-0.4, -0.2) is 79.1 Å². The van der Waals surface area contributed by atoms with Gasteiger partial charge in [-0.1, -0.05) is 26.7 Å². The zero-order chi connectivity index (χ0) is 15.4. The lowest BCUT2D eigenvalue weighted by Gasteiger charge is -2.40. The van der Waals surface area contributed by atoms with Crippen molar-refractivity contribution < 1.29 is 4.79 Å². The van der Waals surface area contributed by atoms with E-state index in [4.69, 9.17) is 0 Å². The highest BCUT2D eigenvalue weighted by Crippen LogP contribution is 2.19. The van der Waals surface area contributed by atoms with Crippen molar-refractivity contribution in [1.29, 1.82) is 0 Å². The monoisotopic (exact) mass is 296 g/mol. The van der Waals surface area contributed by atoms with Crippen LogP contribution in [0.15, 0.2) is 0 Å². The van der Waals surface area contributed by atoms with Gasteiger partial charge < -0.3 is 9.80 Å². The van der Waals surface area contributed by atoms with Crippen LogP contribution in [0.25, 0.3) is 0 Å². The second kappa shape index (κ2) is 7.56. The van der Waals surface area contributed by atoms with E-state index in [1.165, 1.54) is 0 Å². The van der Waals surface area contributed by atoms with Crippen LogP contribution in [0.5, 0.6) is 0 Å². The number of nitrogens with one attached hydrogen (secondary N) is 1. The molecular formula is C16H32N4O. The number of amides is 1. The standard InChI is InChI=1S/C16H32N4O/c1-5-7-8-14-16(21)20(15(6-2)17-14)12-13-11-18(3)9-10-19(13)4/h13-15,17H,5-12H2,1-4H3. The fraction of sp³-hybridized carbons (Fsp3) is 0.938. The van der Waals surface area contributed by atoms with Gasteiger partial charge in [0.25, 0.3) is 0 Å². The van der Waals surface area contributed by atoms with Crippen LogP contribution in [0.3, 0.4) is 0 Å². The second-order valence-corrected chi connectivity index (χ2v) is 6.67. The minimum atomic E-state index is 0.0431. The number of hydrogen-bond donors (Lipinski definition) is 1. The molecule has 0 saturated carbocycles. The number of rotatable bonds is 6. The number of likely N-dealkylation sites (N-methyl/N-ethyl adjacent to an activating group) is 2. The molecule has 2 heterocycles. The first kappa shape index (κ1) is 16.7. The second-order valence-electron chi connectivity index (χ2n) is 6.67. The number of carbonyl (C=O) groups is 1. The van der Waals surface area contributed by atoms with E-state index < -0.39 is 0 Å². The fourth-order valence-electron chi connectivity index (χ4n) is 3.44. The molecule has 122 valence electrons. The van der Waals surface area contributed by atoms with Gasteiger partial charge in [-0.3, -0.25) is 15.0 Å². The predicted molar refractivity (Wildman–Crippen MR) is 86.2 cm³/mol. The van der Waals surface area contributed by atoms with Crippen LogP contribution >= 0.6 is 0 Å². The van der Waals surface area contributed by atoms with Gasteiger partial charge in [0, 0.05) is 32.2 Å². The van der Waals surface area contributed by atoms with E-state index in [0.717, 1.165) is 51.9 Å². The Morgan fingerprint density at radius 3 is 2.67 bits per heavy atom. The van der Waals surface area contributed by atoms with Crippen LogP contribution in [0.4, 0.5) is 0 Å². The molecule has 3 unspecified atom stereocenters. The van der Waals surface area contributed by atoms with Crippen molar-refractivity contribution >= 4 is 5.91 Å². The SMILES string of the molecule is CCCCC1NC(CC)N(CC2CN(C)CCN2C)C1=O. The van der Waals surface area contributed by atoms with Gasteiger partial charge in [-0.15, -0.1) is 0 Å². The molecule has 0 spiro atoms. The normalized spacial score (nSPS) is 32.1. The van der Waals surface area contributed by atoms with E-state index in [-0.39, 0.29) is 12.2 Å². The van der Waals surface area contributed by atoms with Crippen molar-refractivity contribution in [2.24, 2.45) is 0 Å². The molecule has 0 bridgehead atoms. The lowest BCUT2D eigenvalue weighted by molar-refractivity contribution is -0.131. The number of carbonyl (C=O) groups excluding carboxylic acids is 1. The van der Waals surface area contributed by atoms with E-state index >= 15 is 0 Å². The molecule has 21 heavy (non-hydrogen) atoms. The first-order valence-corrected chi connectivity index (χ1v) is 8.52. The summed E-state index contributed by atoms with van der Waals surface area (Å²) in [6, 6.07) is 0.495. The van der Waals surface area contributed by atoms with Gasteiger partial charge >= 0.3 is 0 Å². The number of hydrogen-bond acceptors (Lipinski definition) is 4. The van der Waals surface area contributed by atoms with Crippen molar-refractivity contribution in [2.75, 3.05) is 40.3 Å². The van der Waals surface area contributed by atoms with Gasteiger partial charge in [0.1, 0.15) is 0 Å². The summed E-state index contributed by atoms with van der Waals surface area (Å²) >= 11 is 0. The lowest BCUT2D eigenvalue weighted by atomic mass is 10.1. The molecule has 2 fully saturated rings. The third-order valence-corrected chi connectivity index (χ3v) is 4.97. The Kier molecular flexibility index (Phi) is 6.02. The van der Waals surface area contributed by atoms with Crippen molar-refractivity contribution in [3.8, 4) is 0 Å². The third kappa shape index (κ3) is 3.96. The van der Waals surface area contributed by atoms with E-state index in [1.807, 2.05) is 0 Å². The molecule has 5 heteroatoms. The van der Waals surface area contributed by atoms with Gasteiger partial charge in [-0.2, -0.15) is 0 Å². The molecule has 1 N–H and O–H groups in total. The maximum atomic E-state index is 12.7. The summed E-state index contributed by atoms with van der Waals surface area (Å²) in [5.74, 6) is 0.317. The topological polar surface area (TPSA) is 38.8 Å². The number of unbranched alkanes of at least 4 members (excludes halogenated alkanes) is 1. The van der Waals surface area contributed by atoms with Crippen molar-refractivity contribution in [1.82, 2.24) is 20.0 Å². The molecule has 0 aromatic rings. The van der Waals surface area contributed by atoms with E-state index in [1.54, 1.807) is 0 Å². The highest BCUT2D eigenvalue weighted by molar-refractivity contribution is 5.84. The Labute approximate surface area is 129 Å². The molecule has 1 amide bonds. The average molecular weight is 296 g/mol. The Morgan fingerprint density at radius 2 is 2.00 bits per heavy atom.